The molecule has 0 saturated heterocycles. The number of aldehydes is 1. The molecule has 0 radical (unpaired) electrons. The Bertz CT molecular complexity index is 2300. The Morgan fingerprint density at radius 3 is 1.90 bits per heavy atom. The molecule has 2 aromatic heterocycles. The Morgan fingerprint density at radius 2 is 1.35 bits per heavy atom. The number of carbonyl (C=O) groups excluding carboxylic acids is 7. The molecule has 26 heteroatoms. The van der Waals surface area contributed by atoms with Gasteiger partial charge in [-0.1, -0.05) is 6.08 Å². The van der Waals surface area contributed by atoms with Crippen LogP contribution in [0, 0.1) is 0 Å². The van der Waals surface area contributed by atoms with E-state index < -0.39 is 121 Å². The van der Waals surface area contributed by atoms with Crippen molar-refractivity contribution in [3.05, 3.63) is 64.7 Å². The maximum atomic E-state index is 13.2. The van der Waals surface area contributed by atoms with Crippen molar-refractivity contribution in [2.24, 2.45) is 0 Å². The van der Waals surface area contributed by atoms with Gasteiger partial charge in [0.25, 0.3) is 11.5 Å². The number of likely N-dealkylation sites (N-methyl/N-ethyl adjacent to an activating group) is 1. The van der Waals surface area contributed by atoms with Crippen LogP contribution in [0.2, 0.25) is 0 Å². The van der Waals surface area contributed by atoms with Crippen molar-refractivity contribution >= 4 is 82.4 Å². The fourth-order valence-corrected chi connectivity index (χ4v) is 5.51. The third-order valence-electron chi connectivity index (χ3n) is 8.66. The van der Waals surface area contributed by atoms with E-state index in [1.54, 1.807) is 0 Å². The molecular formula is C37H44N12O14. The molecule has 26 nitrogen and oxygen atoms in total. The van der Waals surface area contributed by atoms with Gasteiger partial charge in [0, 0.05) is 31.1 Å². The van der Waals surface area contributed by atoms with Crippen molar-refractivity contribution < 1.29 is 63.3 Å². The zero-order valence-electron chi connectivity index (χ0n) is 33.3. The number of carboxylic acids is 3. The molecule has 0 aliphatic rings. The van der Waals surface area contributed by atoms with Gasteiger partial charge in [-0.25, -0.2) is 14.8 Å². The average molecular weight is 881 g/mol. The highest BCUT2D eigenvalue weighted by atomic mass is 16.4. The van der Waals surface area contributed by atoms with Crippen molar-refractivity contribution in [1.29, 1.82) is 0 Å². The predicted octanol–water partition coefficient (Wildman–Crippen LogP) is -3.33. The Balaban J connectivity index is 1.59. The van der Waals surface area contributed by atoms with E-state index in [2.05, 4.69) is 63.7 Å². The van der Waals surface area contributed by atoms with E-state index in [9.17, 15) is 63.0 Å². The second-order valence-corrected chi connectivity index (χ2v) is 13.4. The summed E-state index contributed by atoms with van der Waals surface area (Å²) in [6.45, 7) is 3.60. The number of hydrogen-bond donors (Lipinski definition) is 12. The van der Waals surface area contributed by atoms with Gasteiger partial charge < -0.3 is 63.1 Å². The molecule has 6 amide bonds. The summed E-state index contributed by atoms with van der Waals surface area (Å²) in [4.78, 5) is 150. The molecule has 0 fully saturated rings. The van der Waals surface area contributed by atoms with Gasteiger partial charge in [0.05, 0.1) is 31.3 Å². The van der Waals surface area contributed by atoms with Crippen molar-refractivity contribution in [3.63, 3.8) is 0 Å². The van der Waals surface area contributed by atoms with Gasteiger partial charge in [-0.2, -0.15) is 4.98 Å². The van der Waals surface area contributed by atoms with Crippen LogP contribution in [-0.2, 0) is 49.7 Å². The lowest BCUT2D eigenvalue weighted by molar-refractivity contribution is -0.143. The lowest BCUT2D eigenvalue weighted by atomic mass is 10.1. The molecule has 2 heterocycles. The molecule has 0 spiro atoms. The third kappa shape index (κ3) is 15.3. The van der Waals surface area contributed by atoms with Gasteiger partial charge in [0.1, 0.15) is 36.5 Å². The van der Waals surface area contributed by atoms with E-state index in [-0.39, 0.29) is 41.9 Å². The normalized spacial score (nSPS) is 13.0. The summed E-state index contributed by atoms with van der Waals surface area (Å²) in [6, 6.07) is -2.48. The number of benzene rings is 1. The number of aliphatic carboxylic acids is 3. The van der Waals surface area contributed by atoms with Crippen LogP contribution in [0.5, 0.6) is 0 Å². The van der Waals surface area contributed by atoms with Gasteiger partial charge in [0.2, 0.25) is 35.5 Å². The highest BCUT2D eigenvalue weighted by Crippen LogP contribution is 2.13. The van der Waals surface area contributed by atoms with Gasteiger partial charge in [-0.15, -0.1) is 6.58 Å². The molecule has 336 valence electrons. The van der Waals surface area contributed by atoms with Crippen LogP contribution in [0.1, 0.15) is 54.6 Å². The standard InChI is InChI=1S/C37H44N12O14/c1-3-4-20(32(58)47-24(14-27(54)55)34(60)46-23(13-26(52)53)31(57)39-2)44-33(59)21(11-12-50)43-25(51)10-9-22(36(62)63)45-30(56)17-5-7-18(8-6-17)40-15-19-16-41-29-28(42-19)35(61)49-37(38)48-29/h3,5-8,12,16,20-24,40H,1,4,9-11,13-15H2,2H3,(H,39,57)(H,43,51)(H,44,59)(H,45,56)(H,46,60)(H,47,58)(H,52,53)(H,54,55)(H,62,63)(H3,38,41,48,49,61)/t20-,21-,22-,23-,24-/m0/s1. The van der Waals surface area contributed by atoms with Gasteiger partial charge >= 0.3 is 17.9 Å². The first-order valence-corrected chi connectivity index (χ1v) is 18.6. The first-order valence-electron chi connectivity index (χ1n) is 18.6. The molecule has 1 aromatic carbocycles. The zero-order valence-corrected chi connectivity index (χ0v) is 33.3. The van der Waals surface area contributed by atoms with E-state index >= 15 is 0 Å². The minimum absolute atomic E-state index is 0.0162. The Labute approximate surface area is 355 Å². The number of nitrogens with zero attached hydrogens (tertiary/aromatic N) is 3. The van der Waals surface area contributed by atoms with E-state index in [1.807, 2.05) is 0 Å². The molecule has 0 bridgehead atoms. The molecular weight excluding hydrogens is 836 g/mol. The molecule has 3 rings (SSSR count). The highest BCUT2D eigenvalue weighted by molar-refractivity contribution is 5.98. The monoisotopic (exact) mass is 880 g/mol. The van der Waals surface area contributed by atoms with Crippen LogP contribution >= 0.6 is 0 Å². The molecule has 0 aliphatic carbocycles. The van der Waals surface area contributed by atoms with Crippen molar-refractivity contribution in [3.8, 4) is 0 Å². The van der Waals surface area contributed by atoms with Crippen LogP contribution in [0.4, 0.5) is 11.6 Å². The average Bonchev–Trinajstić information content (AvgIpc) is 3.22. The lowest BCUT2D eigenvalue weighted by Crippen LogP contribution is -2.58. The molecule has 0 unspecified atom stereocenters. The Kier molecular flexibility index (Phi) is 18.3. The van der Waals surface area contributed by atoms with Crippen molar-refractivity contribution in [2.45, 2.75) is 75.3 Å². The van der Waals surface area contributed by atoms with E-state index in [0.717, 1.165) is 7.05 Å². The number of nitrogen functional groups attached to an aromatic ring is 1. The number of hydrogen-bond acceptors (Lipinski definition) is 16. The number of amides is 6. The van der Waals surface area contributed by atoms with E-state index in [1.165, 1.54) is 36.5 Å². The number of rotatable bonds is 25. The molecule has 13 N–H and O–H groups in total. The van der Waals surface area contributed by atoms with Crippen LogP contribution in [-0.4, -0.2) is 132 Å². The summed E-state index contributed by atoms with van der Waals surface area (Å²) >= 11 is 0. The summed E-state index contributed by atoms with van der Waals surface area (Å²) in [5, 5.41) is 44.4. The Hall–Kier alpha value is -8.32. The predicted molar refractivity (Wildman–Crippen MR) is 216 cm³/mol. The number of fused-ring (bicyclic) bond motifs is 1. The largest absolute Gasteiger partial charge is 0.481 e. The number of anilines is 2. The number of aromatic amines is 1. The fourth-order valence-electron chi connectivity index (χ4n) is 5.51. The minimum atomic E-state index is -1.87. The lowest BCUT2D eigenvalue weighted by Gasteiger charge is -2.25. The summed E-state index contributed by atoms with van der Waals surface area (Å²) < 4.78 is 0. The maximum Gasteiger partial charge on any atom is 0.326 e. The molecule has 63 heavy (non-hydrogen) atoms. The van der Waals surface area contributed by atoms with Crippen molar-refractivity contribution in [1.82, 2.24) is 51.8 Å². The molecule has 3 aromatic rings. The first-order chi connectivity index (χ1) is 29.8. The topological polar surface area (TPSA) is 413 Å². The number of aromatic nitrogens is 4. The highest BCUT2D eigenvalue weighted by Gasteiger charge is 2.33. The number of nitrogens with one attached hydrogen (secondary N) is 8. The summed E-state index contributed by atoms with van der Waals surface area (Å²) in [5.74, 6) is -10.8. The van der Waals surface area contributed by atoms with Crippen LogP contribution in [0.3, 0.4) is 0 Å². The number of H-pyrrole nitrogens is 1. The smallest absolute Gasteiger partial charge is 0.326 e. The van der Waals surface area contributed by atoms with Gasteiger partial charge in [0.15, 0.2) is 11.2 Å². The van der Waals surface area contributed by atoms with Gasteiger partial charge in [-0.05, 0) is 37.1 Å². The first kappa shape index (κ1) is 49.0. The van der Waals surface area contributed by atoms with Crippen molar-refractivity contribution in [2.75, 3.05) is 18.1 Å². The van der Waals surface area contributed by atoms with Gasteiger partial charge in [-0.3, -0.25) is 48.1 Å². The second-order valence-electron chi connectivity index (χ2n) is 13.4. The SMILES string of the molecule is C=CC[C@H](NC(=O)[C@H](CC=O)NC(=O)CC[C@H](NC(=O)c1ccc(NCc2cnc3nc(N)[nH]c(=O)c3n2)cc1)C(=O)O)C(=O)N[C@@H](CC(=O)O)C(=O)N[C@@H](CC(=O)O)C(=O)NC. The fraction of sp³-hybridized carbons (Fsp3) is 0.351. The zero-order chi connectivity index (χ0) is 46.8. The van der Waals surface area contributed by atoms with Crippen LogP contribution in [0.25, 0.3) is 11.2 Å². The molecule has 0 saturated carbocycles. The Morgan fingerprint density at radius 1 is 0.778 bits per heavy atom. The molecule has 0 aliphatic heterocycles. The number of carbonyl (C=O) groups is 10. The quantitative estimate of drug-likeness (QED) is 0.0292. The number of carboxylic acid groups (broad SMARTS) is 3. The van der Waals surface area contributed by atoms with E-state index in [0.29, 0.717) is 11.4 Å². The van der Waals surface area contributed by atoms with E-state index in [4.69, 9.17) is 10.8 Å². The second kappa shape index (κ2) is 23.5. The summed E-state index contributed by atoms with van der Waals surface area (Å²) in [5.41, 5.74) is 5.96. The summed E-state index contributed by atoms with van der Waals surface area (Å²) in [7, 11) is 1.16. The van der Waals surface area contributed by atoms with Crippen LogP contribution < -0.4 is 48.5 Å². The maximum absolute atomic E-state index is 13.2. The van der Waals surface area contributed by atoms with Crippen LogP contribution in [0.15, 0.2) is 47.9 Å². The molecule has 5 atom stereocenters. The minimum Gasteiger partial charge on any atom is -0.481 e. The summed E-state index contributed by atoms with van der Waals surface area (Å²) in [6.07, 6.45) is -1.06. The number of nitrogens with two attached hydrogens (primary N) is 1. The third-order valence-corrected chi connectivity index (χ3v) is 8.66.